The number of halogens is 1. The average molecular weight is 250 g/mol. The first-order valence-corrected chi connectivity index (χ1v) is 6.50. The molecule has 17 heavy (non-hydrogen) atoms. The van der Waals surface area contributed by atoms with E-state index in [4.69, 9.17) is 5.73 Å². The van der Waals surface area contributed by atoms with E-state index in [0.717, 1.165) is 29.1 Å². The molecule has 0 atom stereocenters. The molecule has 2 nitrogen and oxygen atoms in total. The van der Waals surface area contributed by atoms with Crippen LogP contribution in [-0.2, 0) is 12.8 Å². The molecule has 0 saturated carbocycles. The van der Waals surface area contributed by atoms with E-state index in [9.17, 15) is 4.39 Å². The fraction of sp³-hybridized carbons (Fsp3) is 0.308. The number of nitrogens with zero attached hydrogens (tertiary/aromatic N) is 1. The second-order valence-electron chi connectivity index (χ2n) is 3.78. The molecular weight excluding hydrogens is 235 g/mol. The molecule has 1 aromatic heterocycles. The lowest BCUT2D eigenvalue weighted by molar-refractivity contribution is 0.628. The number of nitrogens with two attached hydrogens (primary N) is 1. The van der Waals surface area contributed by atoms with Crippen molar-refractivity contribution in [2.24, 2.45) is 5.73 Å². The Morgan fingerprint density at radius 1 is 1.29 bits per heavy atom. The first-order chi connectivity index (χ1) is 8.24. The van der Waals surface area contributed by atoms with Crippen LogP contribution >= 0.6 is 11.3 Å². The van der Waals surface area contributed by atoms with E-state index < -0.39 is 0 Å². The van der Waals surface area contributed by atoms with Crippen molar-refractivity contribution in [1.82, 2.24) is 4.98 Å². The maximum absolute atomic E-state index is 12.9. The molecule has 0 bridgehead atoms. The molecule has 2 N–H and O–H groups in total. The van der Waals surface area contributed by atoms with Gasteiger partial charge in [0.25, 0.3) is 0 Å². The molecule has 1 aromatic carbocycles. The highest BCUT2D eigenvalue weighted by molar-refractivity contribution is 7.12. The molecule has 2 rings (SSSR count). The highest BCUT2D eigenvalue weighted by atomic mass is 32.1. The predicted molar refractivity (Wildman–Crippen MR) is 69.6 cm³/mol. The minimum absolute atomic E-state index is 0.218. The van der Waals surface area contributed by atoms with E-state index in [2.05, 4.69) is 11.9 Å². The summed E-state index contributed by atoms with van der Waals surface area (Å²) in [4.78, 5) is 5.82. The first kappa shape index (κ1) is 12.2. The summed E-state index contributed by atoms with van der Waals surface area (Å²) in [6.45, 7) is 2.71. The Labute approximate surface area is 104 Å². The van der Waals surface area contributed by atoms with Crippen LogP contribution in [0.2, 0.25) is 0 Å². The molecule has 0 fully saturated rings. The molecule has 0 amide bonds. The molecule has 90 valence electrons. The minimum Gasteiger partial charge on any atom is -0.330 e. The molecule has 0 aliphatic heterocycles. The topological polar surface area (TPSA) is 38.9 Å². The highest BCUT2D eigenvalue weighted by Gasteiger charge is 2.11. The number of rotatable bonds is 4. The zero-order valence-electron chi connectivity index (χ0n) is 9.74. The van der Waals surface area contributed by atoms with Crippen LogP contribution in [0.1, 0.15) is 16.8 Å². The van der Waals surface area contributed by atoms with Gasteiger partial charge in [0.2, 0.25) is 0 Å². The van der Waals surface area contributed by atoms with Gasteiger partial charge in [-0.05, 0) is 37.2 Å². The summed E-state index contributed by atoms with van der Waals surface area (Å²) in [6.07, 6.45) is 1.74. The molecule has 0 spiro atoms. The average Bonchev–Trinajstić information content (AvgIpc) is 2.74. The molecule has 0 radical (unpaired) electrons. The fourth-order valence-electron chi connectivity index (χ4n) is 1.70. The van der Waals surface area contributed by atoms with Gasteiger partial charge in [0, 0.05) is 16.9 Å². The Morgan fingerprint density at radius 3 is 2.59 bits per heavy atom. The smallest absolute Gasteiger partial charge is 0.123 e. The lowest BCUT2D eigenvalue weighted by atomic mass is 10.1. The first-order valence-electron chi connectivity index (χ1n) is 5.69. The number of aromatic nitrogens is 1. The Kier molecular flexibility index (Phi) is 3.86. The normalized spacial score (nSPS) is 10.8. The van der Waals surface area contributed by atoms with Crippen molar-refractivity contribution in [3.05, 3.63) is 40.0 Å². The van der Waals surface area contributed by atoms with Crippen LogP contribution < -0.4 is 5.73 Å². The van der Waals surface area contributed by atoms with E-state index in [1.807, 2.05) is 0 Å². The summed E-state index contributed by atoms with van der Waals surface area (Å²) in [7, 11) is 0. The standard InChI is InChI=1S/C13H15FN2S/c1-2-11-13(16-12(17-11)7-8-15)9-3-5-10(14)6-4-9/h3-6H,2,7-8,15H2,1H3. The van der Waals surface area contributed by atoms with Crippen molar-refractivity contribution in [2.75, 3.05) is 6.54 Å². The van der Waals surface area contributed by atoms with Crippen molar-refractivity contribution in [1.29, 1.82) is 0 Å². The van der Waals surface area contributed by atoms with Crippen LogP contribution in [0.15, 0.2) is 24.3 Å². The molecule has 0 unspecified atom stereocenters. The van der Waals surface area contributed by atoms with Gasteiger partial charge in [-0.25, -0.2) is 9.37 Å². The zero-order chi connectivity index (χ0) is 12.3. The summed E-state index contributed by atoms with van der Waals surface area (Å²) in [6, 6.07) is 6.49. The third-order valence-electron chi connectivity index (χ3n) is 2.54. The SMILES string of the molecule is CCc1sc(CCN)nc1-c1ccc(F)cc1. The maximum atomic E-state index is 12.9. The van der Waals surface area contributed by atoms with Gasteiger partial charge in [0.05, 0.1) is 10.7 Å². The monoisotopic (exact) mass is 250 g/mol. The lowest BCUT2D eigenvalue weighted by Crippen LogP contribution is -2.01. The van der Waals surface area contributed by atoms with Crippen molar-refractivity contribution in [3.8, 4) is 11.3 Å². The van der Waals surface area contributed by atoms with Crippen LogP contribution in [0.4, 0.5) is 4.39 Å². The Balaban J connectivity index is 2.39. The van der Waals surface area contributed by atoms with Gasteiger partial charge in [-0.2, -0.15) is 0 Å². The minimum atomic E-state index is -0.218. The second-order valence-corrected chi connectivity index (χ2v) is 4.95. The maximum Gasteiger partial charge on any atom is 0.123 e. The fourth-order valence-corrected chi connectivity index (χ4v) is 2.75. The molecule has 2 aromatic rings. The third kappa shape index (κ3) is 2.70. The van der Waals surface area contributed by atoms with Crippen LogP contribution in [0.3, 0.4) is 0 Å². The van der Waals surface area contributed by atoms with E-state index in [1.54, 1.807) is 23.5 Å². The number of thiazole rings is 1. The lowest BCUT2D eigenvalue weighted by Gasteiger charge is -1.99. The van der Waals surface area contributed by atoms with Gasteiger partial charge >= 0.3 is 0 Å². The van der Waals surface area contributed by atoms with Crippen LogP contribution in [-0.4, -0.2) is 11.5 Å². The Morgan fingerprint density at radius 2 is 2.00 bits per heavy atom. The molecule has 0 saturated heterocycles. The number of benzene rings is 1. The van der Waals surface area contributed by atoms with Gasteiger partial charge in [-0.15, -0.1) is 11.3 Å². The van der Waals surface area contributed by atoms with Gasteiger partial charge < -0.3 is 5.73 Å². The van der Waals surface area contributed by atoms with Gasteiger partial charge in [0.15, 0.2) is 0 Å². The Hall–Kier alpha value is -1.26. The van der Waals surface area contributed by atoms with Gasteiger partial charge in [0.1, 0.15) is 5.82 Å². The predicted octanol–water partition coefficient (Wildman–Crippen LogP) is 3.01. The summed E-state index contributed by atoms with van der Waals surface area (Å²) in [5.74, 6) is -0.218. The van der Waals surface area contributed by atoms with Crippen molar-refractivity contribution < 1.29 is 4.39 Å². The number of hydrogen-bond acceptors (Lipinski definition) is 3. The molecule has 1 heterocycles. The van der Waals surface area contributed by atoms with E-state index in [1.165, 1.54) is 17.0 Å². The number of aryl methyl sites for hydroxylation is 1. The van der Waals surface area contributed by atoms with Crippen molar-refractivity contribution >= 4 is 11.3 Å². The zero-order valence-corrected chi connectivity index (χ0v) is 10.6. The molecule has 0 aliphatic rings. The second kappa shape index (κ2) is 5.38. The molecule has 0 aliphatic carbocycles. The quantitative estimate of drug-likeness (QED) is 0.906. The summed E-state index contributed by atoms with van der Waals surface area (Å²) < 4.78 is 12.9. The van der Waals surface area contributed by atoms with E-state index >= 15 is 0 Å². The van der Waals surface area contributed by atoms with E-state index in [0.29, 0.717) is 6.54 Å². The third-order valence-corrected chi connectivity index (χ3v) is 3.80. The largest absolute Gasteiger partial charge is 0.330 e. The van der Waals surface area contributed by atoms with Crippen LogP contribution in [0, 0.1) is 5.82 Å². The van der Waals surface area contributed by atoms with Gasteiger partial charge in [-0.1, -0.05) is 6.92 Å². The van der Waals surface area contributed by atoms with Crippen LogP contribution in [0.5, 0.6) is 0 Å². The summed E-state index contributed by atoms with van der Waals surface area (Å²) >= 11 is 1.70. The van der Waals surface area contributed by atoms with Crippen molar-refractivity contribution in [3.63, 3.8) is 0 Å². The molecule has 4 heteroatoms. The number of hydrogen-bond donors (Lipinski definition) is 1. The Bertz CT molecular complexity index is 491. The van der Waals surface area contributed by atoms with Gasteiger partial charge in [-0.3, -0.25) is 0 Å². The highest BCUT2D eigenvalue weighted by Crippen LogP contribution is 2.29. The summed E-state index contributed by atoms with van der Waals surface area (Å²) in [5.41, 5.74) is 7.48. The van der Waals surface area contributed by atoms with Crippen LogP contribution in [0.25, 0.3) is 11.3 Å². The molecular formula is C13H15FN2S. The van der Waals surface area contributed by atoms with E-state index in [-0.39, 0.29) is 5.82 Å². The van der Waals surface area contributed by atoms with Crippen molar-refractivity contribution in [2.45, 2.75) is 19.8 Å². The summed E-state index contributed by atoms with van der Waals surface area (Å²) in [5, 5.41) is 1.06.